The van der Waals surface area contributed by atoms with Crippen LogP contribution in [-0.4, -0.2) is 40.7 Å². The molecular weight excluding hydrogens is 286 g/mol. The van der Waals surface area contributed by atoms with Gasteiger partial charge in [0, 0.05) is 25.8 Å². The van der Waals surface area contributed by atoms with Crippen LogP contribution in [-0.2, 0) is 16.6 Å². The Kier molecular flexibility index (Phi) is 4.53. The minimum atomic E-state index is -3.54. The maximum absolute atomic E-state index is 12.5. The van der Waals surface area contributed by atoms with Gasteiger partial charge in [-0.15, -0.1) is 11.6 Å². The average Bonchev–Trinajstić information content (AvgIpc) is 2.88. The maximum Gasteiger partial charge on any atom is 0.262 e. The van der Waals surface area contributed by atoms with Gasteiger partial charge in [0.15, 0.2) is 5.03 Å². The lowest BCUT2D eigenvalue weighted by Crippen LogP contribution is -2.44. The lowest BCUT2D eigenvalue weighted by molar-refractivity contribution is 0.290. The summed E-state index contributed by atoms with van der Waals surface area (Å²) < 4.78 is 28.1. The molecule has 0 N–H and O–H groups in total. The number of hydrogen-bond acceptors (Lipinski definition) is 3. The molecule has 1 aromatic rings. The fourth-order valence-electron chi connectivity index (χ4n) is 2.45. The van der Waals surface area contributed by atoms with Crippen LogP contribution in [0.25, 0.3) is 0 Å². The Hall–Kier alpha value is -0.590. The molecule has 2 atom stereocenters. The van der Waals surface area contributed by atoms with Crippen molar-refractivity contribution in [2.75, 3.05) is 7.05 Å². The Balaban J connectivity index is 2.23. The van der Waals surface area contributed by atoms with Gasteiger partial charge >= 0.3 is 0 Å². The van der Waals surface area contributed by atoms with E-state index in [2.05, 4.69) is 4.98 Å². The van der Waals surface area contributed by atoms with Gasteiger partial charge in [-0.05, 0) is 19.8 Å². The number of aromatic nitrogens is 2. The fourth-order valence-corrected chi connectivity index (χ4v) is 4.32. The molecule has 2 rings (SSSR count). The molecule has 7 heteroatoms. The third kappa shape index (κ3) is 2.95. The van der Waals surface area contributed by atoms with Crippen LogP contribution in [0, 0.1) is 0 Å². The van der Waals surface area contributed by atoms with E-state index in [1.807, 2.05) is 6.92 Å². The highest BCUT2D eigenvalue weighted by Crippen LogP contribution is 2.29. The van der Waals surface area contributed by atoms with Gasteiger partial charge in [-0.1, -0.05) is 12.8 Å². The summed E-state index contributed by atoms with van der Waals surface area (Å²) in [5.41, 5.74) is 0. The van der Waals surface area contributed by atoms with Gasteiger partial charge in [0.1, 0.15) is 0 Å². The van der Waals surface area contributed by atoms with E-state index in [0.717, 1.165) is 25.7 Å². The van der Waals surface area contributed by atoms with Gasteiger partial charge in [-0.2, -0.15) is 4.31 Å². The van der Waals surface area contributed by atoms with E-state index in [4.69, 9.17) is 11.6 Å². The second-order valence-corrected chi connectivity index (χ2v) is 7.44. The van der Waals surface area contributed by atoms with Crippen molar-refractivity contribution in [3.63, 3.8) is 0 Å². The summed E-state index contributed by atoms with van der Waals surface area (Å²) in [5, 5.41) is -0.00641. The second-order valence-electron chi connectivity index (χ2n) is 4.93. The topological polar surface area (TPSA) is 55.2 Å². The molecule has 1 aliphatic rings. The first-order valence-electron chi connectivity index (χ1n) is 6.60. The molecular formula is C12H20ClN3O2S. The van der Waals surface area contributed by atoms with Crippen molar-refractivity contribution in [3.8, 4) is 0 Å². The molecule has 108 valence electrons. The number of halogens is 1. The lowest BCUT2D eigenvalue weighted by atomic mass is 9.95. The predicted octanol–water partition coefficient (Wildman–Crippen LogP) is 2.07. The van der Waals surface area contributed by atoms with Crippen LogP contribution < -0.4 is 0 Å². The normalized spacial score (nSPS) is 24.8. The van der Waals surface area contributed by atoms with Crippen molar-refractivity contribution >= 4 is 21.6 Å². The predicted molar refractivity (Wildman–Crippen MR) is 74.7 cm³/mol. The van der Waals surface area contributed by atoms with Crippen LogP contribution in [0.1, 0.15) is 32.6 Å². The monoisotopic (exact) mass is 305 g/mol. The van der Waals surface area contributed by atoms with E-state index < -0.39 is 10.0 Å². The van der Waals surface area contributed by atoms with Crippen LogP contribution in [0.15, 0.2) is 17.6 Å². The number of sulfonamides is 1. The third-order valence-electron chi connectivity index (χ3n) is 3.73. The first kappa shape index (κ1) is 14.8. The zero-order chi connectivity index (χ0) is 14.0. The largest absolute Gasteiger partial charge is 0.336 e. The molecule has 19 heavy (non-hydrogen) atoms. The van der Waals surface area contributed by atoms with Gasteiger partial charge in [0.2, 0.25) is 0 Å². The van der Waals surface area contributed by atoms with Gasteiger partial charge in [0.25, 0.3) is 10.0 Å². The highest BCUT2D eigenvalue weighted by atomic mass is 35.5. The molecule has 1 saturated carbocycles. The summed E-state index contributed by atoms with van der Waals surface area (Å²) in [6, 6.07) is -0.132. The summed E-state index contributed by atoms with van der Waals surface area (Å²) in [6.07, 6.45) is 6.89. The van der Waals surface area contributed by atoms with Crippen LogP contribution in [0.4, 0.5) is 0 Å². The number of rotatable bonds is 4. The molecule has 0 aliphatic heterocycles. The fraction of sp³-hybridized carbons (Fsp3) is 0.750. The van der Waals surface area contributed by atoms with Crippen molar-refractivity contribution in [3.05, 3.63) is 12.5 Å². The maximum atomic E-state index is 12.5. The summed E-state index contributed by atoms with van der Waals surface area (Å²) in [6.45, 7) is 2.64. The minimum Gasteiger partial charge on any atom is -0.336 e. The SMILES string of the molecule is CCn1cnc(S(=O)(=O)N(C)C2CCCCC2Cl)c1. The first-order chi connectivity index (χ1) is 8.96. The van der Waals surface area contributed by atoms with E-state index in [1.165, 1.54) is 4.31 Å². The molecule has 2 unspecified atom stereocenters. The number of imidazole rings is 1. The zero-order valence-electron chi connectivity index (χ0n) is 11.3. The third-order valence-corrected chi connectivity index (χ3v) is 6.01. The van der Waals surface area contributed by atoms with Gasteiger partial charge in [-0.25, -0.2) is 13.4 Å². The molecule has 5 nitrogen and oxygen atoms in total. The summed E-state index contributed by atoms with van der Waals surface area (Å²) in [7, 11) is -1.94. The molecule has 0 saturated heterocycles. The Bertz CT molecular complexity index is 529. The molecule has 1 aliphatic carbocycles. The van der Waals surface area contributed by atoms with Crippen LogP contribution in [0.2, 0.25) is 0 Å². The quantitative estimate of drug-likeness (QED) is 0.800. The molecule has 1 fully saturated rings. The van der Waals surface area contributed by atoms with Crippen molar-refractivity contribution in [1.29, 1.82) is 0 Å². The van der Waals surface area contributed by atoms with Crippen molar-refractivity contribution < 1.29 is 8.42 Å². The van der Waals surface area contributed by atoms with Gasteiger partial charge in [-0.3, -0.25) is 0 Å². The first-order valence-corrected chi connectivity index (χ1v) is 8.48. The Morgan fingerprint density at radius 3 is 2.74 bits per heavy atom. The van der Waals surface area contributed by atoms with Gasteiger partial charge < -0.3 is 4.57 Å². The van der Waals surface area contributed by atoms with Crippen molar-refractivity contribution in [1.82, 2.24) is 13.9 Å². The average molecular weight is 306 g/mol. The Labute approximate surface area is 119 Å². The standard InChI is InChI=1S/C12H20ClN3O2S/c1-3-16-8-12(14-9-16)19(17,18)15(2)11-7-5-4-6-10(11)13/h8-11H,3-7H2,1-2H3. The molecule has 0 spiro atoms. The van der Waals surface area contributed by atoms with Crippen LogP contribution >= 0.6 is 11.6 Å². The molecule has 0 amide bonds. The zero-order valence-corrected chi connectivity index (χ0v) is 12.9. The summed E-state index contributed by atoms with van der Waals surface area (Å²) >= 11 is 6.27. The molecule has 1 aromatic heterocycles. The van der Waals surface area contributed by atoms with Crippen molar-refractivity contribution in [2.24, 2.45) is 0 Å². The van der Waals surface area contributed by atoms with Crippen molar-refractivity contribution in [2.45, 2.75) is 55.6 Å². The lowest BCUT2D eigenvalue weighted by Gasteiger charge is -2.33. The van der Waals surface area contributed by atoms with Gasteiger partial charge in [0.05, 0.1) is 11.7 Å². The van der Waals surface area contributed by atoms with Crippen LogP contribution in [0.5, 0.6) is 0 Å². The highest BCUT2D eigenvalue weighted by molar-refractivity contribution is 7.89. The summed E-state index contributed by atoms with van der Waals surface area (Å²) in [4.78, 5) is 3.99. The number of aryl methyl sites for hydroxylation is 1. The van der Waals surface area contributed by atoms with E-state index in [1.54, 1.807) is 24.1 Å². The molecule has 1 heterocycles. The Morgan fingerprint density at radius 1 is 1.47 bits per heavy atom. The number of nitrogens with zero attached hydrogens (tertiary/aromatic N) is 3. The smallest absolute Gasteiger partial charge is 0.262 e. The number of alkyl halides is 1. The van der Waals surface area contributed by atoms with E-state index in [9.17, 15) is 8.42 Å². The van der Waals surface area contributed by atoms with E-state index in [0.29, 0.717) is 6.54 Å². The van der Waals surface area contributed by atoms with E-state index in [-0.39, 0.29) is 16.4 Å². The molecule has 0 bridgehead atoms. The van der Waals surface area contributed by atoms with Crippen LogP contribution in [0.3, 0.4) is 0 Å². The number of hydrogen-bond donors (Lipinski definition) is 0. The van der Waals surface area contributed by atoms with E-state index >= 15 is 0 Å². The minimum absolute atomic E-state index is 0.103. The molecule has 0 radical (unpaired) electrons. The Morgan fingerprint density at radius 2 is 2.16 bits per heavy atom. The molecule has 0 aromatic carbocycles. The summed E-state index contributed by atoms with van der Waals surface area (Å²) in [5.74, 6) is 0. The second kappa shape index (κ2) is 5.81. The highest BCUT2D eigenvalue weighted by Gasteiger charge is 2.35.